The molecule has 0 aromatic heterocycles. The Bertz CT molecular complexity index is 861. The van der Waals surface area contributed by atoms with Crippen molar-refractivity contribution in [2.75, 3.05) is 5.75 Å². The van der Waals surface area contributed by atoms with Crippen LogP contribution in [-0.2, 0) is 14.8 Å². The first-order valence-electron chi connectivity index (χ1n) is 13.8. The molecule has 34 heavy (non-hydrogen) atoms. The van der Waals surface area contributed by atoms with Crippen LogP contribution in [0.25, 0.3) is 0 Å². The number of fused-ring (bicyclic) bond motifs is 5. The summed E-state index contributed by atoms with van der Waals surface area (Å²) in [6, 6.07) is -0.0531. The van der Waals surface area contributed by atoms with Gasteiger partial charge in [0.15, 0.2) is 0 Å². The summed E-state index contributed by atoms with van der Waals surface area (Å²) in [6.45, 7) is 9.01. The SMILES string of the molecule is CCCS(=O)(=O)N[C@H]1C[C@@H]2C[C@H](O)CC[C@]2(C)[C@H]2CC[C@]3(C)[C@@H]([C@H](C)CCC(=O)O)CC[C@H]3[C@H]12. The lowest BCUT2D eigenvalue weighted by Gasteiger charge is -2.63. The van der Waals surface area contributed by atoms with Gasteiger partial charge in [0.2, 0.25) is 10.0 Å². The highest BCUT2D eigenvalue weighted by molar-refractivity contribution is 7.89. The molecule has 0 amide bonds. The van der Waals surface area contributed by atoms with Crippen LogP contribution in [0, 0.1) is 46.3 Å². The molecule has 7 heteroatoms. The first-order chi connectivity index (χ1) is 15.9. The summed E-state index contributed by atoms with van der Waals surface area (Å²) in [4.78, 5) is 11.2. The number of carboxylic acids is 1. The molecule has 4 rings (SSSR count). The molecule has 10 atom stereocenters. The van der Waals surface area contributed by atoms with E-state index in [0.717, 1.165) is 57.8 Å². The second kappa shape index (κ2) is 9.66. The van der Waals surface area contributed by atoms with Crippen LogP contribution in [0.1, 0.15) is 98.3 Å². The maximum absolute atomic E-state index is 13.0. The Morgan fingerprint density at radius 3 is 2.41 bits per heavy atom. The van der Waals surface area contributed by atoms with Crippen LogP contribution in [0.15, 0.2) is 0 Å². The fourth-order valence-electron chi connectivity index (χ4n) is 9.45. The summed E-state index contributed by atoms with van der Waals surface area (Å²) >= 11 is 0. The molecule has 0 bridgehead atoms. The molecule has 0 saturated heterocycles. The first kappa shape index (κ1) is 26.4. The molecular weight excluding hydrogens is 450 g/mol. The third kappa shape index (κ3) is 4.70. The van der Waals surface area contributed by atoms with Crippen LogP contribution in [0.3, 0.4) is 0 Å². The number of sulfonamides is 1. The monoisotopic (exact) mass is 497 g/mol. The Kier molecular flexibility index (Phi) is 7.50. The standard InChI is InChI=1S/C27H47NO5S/c1-5-14-34(32,33)28-23-16-18-15-19(29)10-12-26(18,3)22-11-13-27(4)20(7-8-21(27)25(22)23)17(2)6-9-24(30)31/h17-23,25,28-29H,5-16H2,1-4H3,(H,30,31)/t17-,18+,19-,20-,21+,22+,23+,25+,26+,27-/m1/s1. The maximum Gasteiger partial charge on any atom is 0.303 e. The lowest BCUT2D eigenvalue weighted by Crippen LogP contribution is -2.62. The van der Waals surface area contributed by atoms with Crippen molar-refractivity contribution >= 4 is 16.0 Å². The summed E-state index contributed by atoms with van der Waals surface area (Å²) in [6.07, 6.45) is 9.35. The summed E-state index contributed by atoms with van der Waals surface area (Å²) < 4.78 is 29.1. The average molecular weight is 498 g/mol. The van der Waals surface area contributed by atoms with Crippen molar-refractivity contribution in [3.63, 3.8) is 0 Å². The van der Waals surface area contributed by atoms with Crippen molar-refractivity contribution < 1.29 is 23.4 Å². The second-order valence-corrected chi connectivity index (χ2v) is 14.7. The molecule has 0 aromatic carbocycles. The minimum Gasteiger partial charge on any atom is -0.481 e. The number of hydrogen-bond donors (Lipinski definition) is 3. The van der Waals surface area contributed by atoms with Gasteiger partial charge in [-0.1, -0.05) is 27.7 Å². The van der Waals surface area contributed by atoms with Crippen LogP contribution in [0.4, 0.5) is 0 Å². The number of rotatable bonds is 8. The van der Waals surface area contributed by atoms with Crippen molar-refractivity contribution in [2.45, 2.75) is 110 Å². The molecule has 196 valence electrons. The molecule has 4 aliphatic rings. The van der Waals surface area contributed by atoms with Gasteiger partial charge < -0.3 is 10.2 Å². The van der Waals surface area contributed by atoms with Crippen molar-refractivity contribution in [2.24, 2.45) is 46.3 Å². The van der Waals surface area contributed by atoms with E-state index in [-0.39, 0.29) is 35.1 Å². The number of aliphatic carboxylic acids is 1. The zero-order valence-corrected chi connectivity index (χ0v) is 22.4. The Hall–Kier alpha value is -0.660. The number of aliphatic hydroxyl groups excluding tert-OH is 1. The average Bonchev–Trinajstić information content (AvgIpc) is 3.10. The zero-order chi connectivity index (χ0) is 24.9. The zero-order valence-electron chi connectivity index (χ0n) is 21.6. The highest BCUT2D eigenvalue weighted by Crippen LogP contribution is 2.68. The van der Waals surface area contributed by atoms with Gasteiger partial charge in [-0.15, -0.1) is 0 Å². The van der Waals surface area contributed by atoms with E-state index in [4.69, 9.17) is 0 Å². The van der Waals surface area contributed by atoms with E-state index in [1.807, 2.05) is 6.92 Å². The molecule has 0 unspecified atom stereocenters. The Morgan fingerprint density at radius 2 is 1.74 bits per heavy atom. The van der Waals surface area contributed by atoms with Gasteiger partial charge in [0.25, 0.3) is 0 Å². The molecule has 0 aromatic rings. The third-order valence-electron chi connectivity index (χ3n) is 11.1. The summed E-state index contributed by atoms with van der Waals surface area (Å²) in [5, 5.41) is 19.7. The van der Waals surface area contributed by atoms with Crippen LogP contribution in [0.2, 0.25) is 0 Å². The van der Waals surface area contributed by atoms with Crippen molar-refractivity contribution in [1.82, 2.24) is 4.72 Å². The van der Waals surface area contributed by atoms with Gasteiger partial charge in [-0.3, -0.25) is 4.79 Å². The fraction of sp³-hybridized carbons (Fsp3) is 0.963. The highest BCUT2D eigenvalue weighted by atomic mass is 32.2. The van der Waals surface area contributed by atoms with Crippen molar-refractivity contribution in [1.29, 1.82) is 0 Å². The van der Waals surface area contributed by atoms with Gasteiger partial charge in [-0.05, 0) is 111 Å². The minimum atomic E-state index is -3.33. The molecule has 4 aliphatic carbocycles. The molecule has 6 nitrogen and oxygen atoms in total. The molecule has 3 N–H and O–H groups in total. The molecular formula is C27H47NO5S. The molecule has 0 radical (unpaired) electrons. The smallest absolute Gasteiger partial charge is 0.303 e. The van der Waals surface area contributed by atoms with Gasteiger partial charge in [0, 0.05) is 12.5 Å². The van der Waals surface area contributed by atoms with Gasteiger partial charge in [-0.2, -0.15) is 0 Å². The normalized spacial score (nSPS) is 45.1. The van der Waals surface area contributed by atoms with Gasteiger partial charge in [-0.25, -0.2) is 13.1 Å². The van der Waals surface area contributed by atoms with Crippen molar-refractivity contribution in [3.8, 4) is 0 Å². The number of carbonyl (C=O) groups is 1. The summed E-state index contributed by atoms with van der Waals surface area (Å²) in [5.74, 6) is 1.98. The summed E-state index contributed by atoms with van der Waals surface area (Å²) in [7, 11) is -3.33. The Balaban J connectivity index is 1.65. The van der Waals surface area contributed by atoms with E-state index in [2.05, 4.69) is 25.5 Å². The Labute approximate surface area is 206 Å². The first-order valence-corrected chi connectivity index (χ1v) is 15.5. The van der Waals surface area contributed by atoms with Crippen LogP contribution in [0.5, 0.6) is 0 Å². The number of nitrogens with one attached hydrogen (secondary N) is 1. The summed E-state index contributed by atoms with van der Waals surface area (Å²) in [5.41, 5.74) is 0.315. The number of aliphatic hydroxyl groups is 1. The van der Waals surface area contributed by atoms with Crippen molar-refractivity contribution in [3.05, 3.63) is 0 Å². The van der Waals surface area contributed by atoms with Crippen LogP contribution < -0.4 is 4.72 Å². The van der Waals surface area contributed by atoms with Gasteiger partial charge in [0.1, 0.15) is 0 Å². The largest absolute Gasteiger partial charge is 0.481 e. The predicted octanol–water partition coefficient (Wildman–Crippen LogP) is 4.82. The van der Waals surface area contributed by atoms with E-state index in [1.54, 1.807) is 0 Å². The fourth-order valence-corrected chi connectivity index (χ4v) is 10.8. The number of hydrogen-bond acceptors (Lipinski definition) is 4. The Morgan fingerprint density at radius 1 is 1.06 bits per heavy atom. The van der Waals surface area contributed by atoms with Crippen LogP contribution >= 0.6 is 0 Å². The third-order valence-corrected chi connectivity index (χ3v) is 12.7. The second-order valence-electron chi connectivity index (χ2n) is 12.8. The quantitative estimate of drug-likeness (QED) is 0.446. The molecule has 0 spiro atoms. The molecule has 4 fully saturated rings. The van der Waals surface area contributed by atoms with Crippen LogP contribution in [-0.4, -0.2) is 42.5 Å². The highest BCUT2D eigenvalue weighted by Gasteiger charge is 2.63. The van der Waals surface area contributed by atoms with E-state index >= 15 is 0 Å². The number of carboxylic acid groups (broad SMARTS) is 1. The topological polar surface area (TPSA) is 104 Å². The molecule has 0 aliphatic heterocycles. The lowest BCUT2D eigenvalue weighted by molar-refractivity contribution is -0.140. The van der Waals surface area contributed by atoms with Gasteiger partial charge in [0.05, 0.1) is 11.9 Å². The minimum absolute atomic E-state index is 0.0531. The van der Waals surface area contributed by atoms with E-state index in [9.17, 15) is 23.4 Å². The van der Waals surface area contributed by atoms with E-state index in [0.29, 0.717) is 41.9 Å². The molecule has 4 saturated carbocycles. The maximum atomic E-state index is 13.0. The molecule has 0 heterocycles. The lowest BCUT2D eigenvalue weighted by atomic mass is 9.43. The van der Waals surface area contributed by atoms with Gasteiger partial charge >= 0.3 is 5.97 Å². The van der Waals surface area contributed by atoms with E-state index < -0.39 is 16.0 Å². The van der Waals surface area contributed by atoms with E-state index in [1.165, 1.54) is 0 Å². The predicted molar refractivity (Wildman–Crippen MR) is 134 cm³/mol.